The Balaban J connectivity index is 1.31. The second-order valence-corrected chi connectivity index (χ2v) is 9.01. The second-order valence-electron chi connectivity index (χ2n) is 9.01. The standard InChI is InChI=1S/C25H36N4O3/c1-31-16-17-32-23-7-4-14-28(19-23)18-21-6-2-3-8-24(21)27-25(30)20-9-11-22(12-10-20)29-15-5-13-26-29/h5,9-13,15,21,23-24H,2-4,6-8,14,16-19H2,1H3,(H,27,30)/t21-,23?,24?/m0/s1. The van der Waals surface area contributed by atoms with Crippen LogP contribution in [0.4, 0.5) is 0 Å². The van der Waals surface area contributed by atoms with E-state index in [2.05, 4.69) is 15.3 Å². The summed E-state index contributed by atoms with van der Waals surface area (Å²) in [5.74, 6) is 0.516. The van der Waals surface area contributed by atoms with Crippen molar-refractivity contribution in [3.05, 3.63) is 48.3 Å². The number of amides is 1. The van der Waals surface area contributed by atoms with Crippen molar-refractivity contribution in [2.75, 3.05) is 40.0 Å². The molecule has 1 saturated heterocycles. The lowest BCUT2D eigenvalue weighted by molar-refractivity contribution is -0.0254. The first-order valence-electron chi connectivity index (χ1n) is 12.0. The predicted octanol–water partition coefficient (Wildman–Crippen LogP) is 3.29. The maximum Gasteiger partial charge on any atom is 0.251 e. The van der Waals surface area contributed by atoms with Gasteiger partial charge in [0.2, 0.25) is 0 Å². The Labute approximate surface area is 191 Å². The molecule has 2 unspecified atom stereocenters. The normalized spacial score (nSPS) is 24.3. The van der Waals surface area contributed by atoms with Crippen LogP contribution in [0.5, 0.6) is 0 Å². The molecule has 2 heterocycles. The quantitative estimate of drug-likeness (QED) is 0.606. The molecule has 1 aromatic heterocycles. The fraction of sp³-hybridized carbons (Fsp3) is 0.600. The lowest BCUT2D eigenvalue weighted by Gasteiger charge is -2.39. The minimum atomic E-state index is 0.0216. The molecule has 7 heteroatoms. The molecular formula is C25H36N4O3. The predicted molar refractivity (Wildman–Crippen MR) is 124 cm³/mol. The molecule has 1 aromatic carbocycles. The van der Waals surface area contributed by atoms with Crippen LogP contribution in [0.25, 0.3) is 5.69 Å². The Bertz CT molecular complexity index is 824. The fourth-order valence-corrected chi connectivity index (χ4v) is 5.00. The van der Waals surface area contributed by atoms with Crippen molar-refractivity contribution in [1.82, 2.24) is 20.0 Å². The zero-order valence-corrected chi connectivity index (χ0v) is 19.1. The number of rotatable bonds is 9. The highest BCUT2D eigenvalue weighted by Crippen LogP contribution is 2.27. The van der Waals surface area contributed by atoms with Crippen molar-refractivity contribution in [3.63, 3.8) is 0 Å². The Morgan fingerprint density at radius 2 is 1.97 bits per heavy atom. The molecule has 2 fully saturated rings. The van der Waals surface area contributed by atoms with E-state index in [1.165, 1.54) is 25.7 Å². The van der Waals surface area contributed by atoms with Gasteiger partial charge in [0.1, 0.15) is 0 Å². The number of nitrogens with one attached hydrogen (secondary N) is 1. The summed E-state index contributed by atoms with van der Waals surface area (Å²) in [6.07, 6.45) is 10.9. The number of nitrogens with zero attached hydrogens (tertiary/aromatic N) is 3. The van der Waals surface area contributed by atoms with E-state index in [0.717, 1.165) is 38.2 Å². The molecule has 1 N–H and O–H groups in total. The number of hydrogen-bond acceptors (Lipinski definition) is 5. The molecule has 174 valence electrons. The SMILES string of the molecule is COCCOC1CCCN(C[C@@H]2CCCCC2NC(=O)c2ccc(-n3cccn3)cc2)C1. The number of hydrogen-bond donors (Lipinski definition) is 1. The summed E-state index contributed by atoms with van der Waals surface area (Å²) in [4.78, 5) is 15.5. The molecule has 2 aromatic rings. The van der Waals surface area contributed by atoms with Gasteiger partial charge in [-0.3, -0.25) is 4.79 Å². The van der Waals surface area contributed by atoms with E-state index in [4.69, 9.17) is 9.47 Å². The smallest absolute Gasteiger partial charge is 0.251 e. The van der Waals surface area contributed by atoms with Gasteiger partial charge >= 0.3 is 0 Å². The molecule has 0 bridgehead atoms. The number of likely N-dealkylation sites (tertiary alicyclic amines) is 1. The van der Waals surface area contributed by atoms with Crippen molar-refractivity contribution in [3.8, 4) is 5.69 Å². The van der Waals surface area contributed by atoms with Crippen LogP contribution in [0.15, 0.2) is 42.7 Å². The molecule has 1 saturated carbocycles. The summed E-state index contributed by atoms with van der Waals surface area (Å²) < 4.78 is 12.9. The summed E-state index contributed by atoms with van der Waals surface area (Å²) in [7, 11) is 1.71. The third-order valence-corrected chi connectivity index (χ3v) is 6.72. The van der Waals surface area contributed by atoms with Crippen molar-refractivity contribution in [1.29, 1.82) is 0 Å². The number of benzene rings is 1. The van der Waals surface area contributed by atoms with Gasteiger partial charge in [-0.2, -0.15) is 5.10 Å². The fourth-order valence-electron chi connectivity index (χ4n) is 5.00. The Morgan fingerprint density at radius 3 is 2.75 bits per heavy atom. The van der Waals surface area contributed by atoms with Crippen LogP contribution in [0.3, 0.4) is 0 Å². The van der Waals surface area contributed by atoms with Gasteiger partial charge in [-0.1, -0.05) is 12.8 Å². The van der Waals surface area contributed by atoms with E-state index in [-0.39, 0.29) is 11.9 Å². The van der Waals surface area contributed by atoms with E-state index in [1.807, 2.05) is 36.5 Å². The first-order valence-corrected chi connectivity index (χ1v) is 12.0. The van der Waals surface area contributed by atoms with Gasteiger partial charge in [-0.15, -0.1) is 0 Å². The van der Waals surface area contributed by atoms with Crippen molar-refractivity contribution >= 4 is 5.91 Å². The summed E-state index contributed by atoms with van der Waals surface area (Å²) in [6, 6.07) is 9.78. The average Bonchev–Trinajstić information content (AvgIpc) is 3.36. The molecular weight excluding hydrogens is 404 g/mol. The topological polar surface area (TPSA) is 68.6 Å². The van der Waals surface area contributed by atoms with Crippen LogP contribution >= 0.6 is 0 Å². The van der Waals surface area contributed by atoms with Crippen LogP contribution in [0.2, 0.25) is 0 Å². The van der Waals surface area contributed by atoms with Gasteiger partial charge in [0.15, 0.2) is 0 Å². The van der Waals surface area contributed by atoms with Crippen LogP contribution in [0.1, 0.15) is 48.9 Å². The molecule has 4 rings (SSSR count). The molecule has 7 nitrogen and oxygen atoms in total. The van der Waals surface area contributed by atoms with Crippen LogP contribution in [0, 0.1) is 5.92 Å². The zero-order valence-electron chi connectivity index (χ0n) is 19.1. The second kappa shape index (κ2) is 11.6. The third kappa shape index (κ3) is 6.18. The number of aromatic nitrogens is 2. The minimum Gasteiger partial charge on any atom is -0.382 e. The van der Waals surface area contributed by atoms with Crippen molar-refractivity contribution in [2.24, 2.45) is 5.92 Å². The van der Waals surface area contributed by atoms with E-state index in [1.54, 1.807) is 18.0 Å². The highest BCUT2D eigenvalue weighted by molar-refractivity contribution is 5.94. The molecule has 0 radical (unpaired) electrons. The van der Waals surface area contributed by atoms with E-state index in [0.29, 0.717) is 30.8 Å². The van der Waals surface area contributed by atoms with Gasteiger partial charge in [-0.25, -0.2) is 4.68 Å². The van der Waals surface area contributed by atoms with Crippen LogP contribution < -0.4 is 5.32 Å². The average molecular weight is 441 g/mol. The summed E-state index contributed by atoms with van der Waals surface area (Å²) in [6.45, 7) is 4.45. The molecule has 2 aliphatic rings. The van der Waals surface area contributed by atoms with E-state index >= 15 is 0 Å². The minimum absolute atomic E-state index is 0.0216. The summed E-state index contributed by atoms with van der Waals surface area (Å²) in [5, 5.41) is 7.59. The molecule has 0 spiro atoms. The summed E-state index contributed by atoms with van der Waals surface area (Å²) >= 11 is 0. The summed E-state index contributed by atoms with van der Waals surface area (Å²) in [5.41, 5.74) is 1.66. The van der Waals surface area contributed by atoms with E-state index in [9.17, 15) is 4.79 Å². The molecule has 1 amide bonds. The first-order chi connectivity index (χ1) is 15.7. The number of methoxy groups -OCH3 is 1. The Hall–Kier alpha value is -2.22. The van der Waals surface area contributed by atoms with E-state index < -0.39 is 0 Å². The highest BCUT2D eigenvalue weighted by atomic mass is 16.5. The van der Waals surface area contributed by atoms with Crippen molar-refractivity contribution < 1.29 is 14.3 Å². The van der Waals surface area contributed by atoms with Gasteiger partial charge in [0.25, 0.3) is 5.91 Å². The molecule has 3 atom stereocenters. The highest BCUT2D eigenvalue weighted by Gasteiger charge is 2.30. The number of carbonyl (C=O) groups is 1. The number of carbonyl (C=O) groups excluding carboxylic acids is 1. The monoisotopic (exact) mass is 440 g/mol. The number of ether oxygens (including phenoxy) is 2. The Kier molecular flexibility index (Phi) is 8.31. The largest absolute Gasteiger partial charge is 0.382 e. The maximum atomic E-state index is 13.0. The van der Waals surface area contributed by atoms with Gasteiger partial charge in [-0.05, 0) is 68.5 Å². The van der Waals surface area contributed by atoms with Gasteiger partial charge < -0.3 is 19.7 Å². The van der Waals surface area contributed by atoms with Crippen LogP contribution in [-0.4, -0.2) is 72.7 Å². The Morgan fingerprint density at radius 1 is 1.12 bits per heavy atom. The first kappa shape index (κ1) is 23.0. The van der Waals surface area contributed by atoms with Gasteiger partial charge in [0.05, 0.1) is 25.0 Å². The van der Waals surface area contributed by atoms with Gasteiger partial charge in [0, 0.05) is 44.2 Å². The molecule has 32 heavy (non-hydrogen) atoms. The van der Waals surface area contributed by atoms with Crippen molar-refractivity contribution in [2.45, 2.75) is 50.7 Å². The lowest BCUT2D eigenvalue weighted by atomic mass is 9.83. The maximum absolute atomic E-state index is 13.0. The number of piperidine rings is 1. The molecule has 1 aliphatic carbocycles. The lowest BCUT2D eigenvalue weighted by Crippen LogP contribution is -2.49. The third-order valence-electron chi connectivity index (χ3n) is 6.72. The van der Waals surface area contributed by atoms with Crippen LogP contribution in [-0.2, 0) is 9.47 Å². The zero-order chi connectivity index (χ0) is 22.2. The molecule has 1 aliphatic heterocycles.